The molecule has 130 valence electrons. The van der Waals surface area contributed by atoms with Crippen molar-refractivity contribution in [1.29, 1.82) is 0 Å². The van der Waals surface area contributed by atoms with Crippen molar-refractivity contribution in [2.45, 2.75) is 26.3 Å². The lowest BCUT2D eigenvalue weighted by Crippen LogP contribution is -2.04. The van der Waals surface area contributed by atoms with Crippen molar-refractivity contribution < 1.29 is 4.79 Å². The Balaban J connectivity index is 1.74. The van der Waals surface area contributed by atoms with Crippen LogP contribution in [0.15, 0.2) is 48.5 Å². The van der Waals surface area contributed by atoms with Gasteiger partial charge in [-0.2, -0.15) is 0 Å². The summed E-state index contributed by atoms with van der Waals surface area (Å²) in [5.41, 5.74) is 5.05. The van der Waals surface area contributed by atoms with Crippen LogP contribution in [0.2, 0.25) is 0 Å². The van der Waals surface area contributed by atoms with Crippen molar-refractivity contribution in [3.63, 3.8) is 0 Å². The Morgan fingerprint density at radius 2 is 1.92 bits per heavy atom. The summed E-state index contributed by atoms with van der Waals surface area (Å²) >= 11 is 0. The fourth-order valence-corrected chi connectivity index (χ4v) is 3.80. The van der Waals surface area contributed by atoms with E-state index in [2.05, 4.69) is 46.5 Å². The van der Waals surface area contributed by atoms with E-state index in [1.165, 1.54) is 23.7 Å². The van der Waals surface area contributed by atoms with Crippen molar-refractivity contribution in [1.82, 2.24) is 14.1 Å². The molecule has 1 saturated carbocycles. The molecule has 4 aromatic rings. The Bertz CT molecular complexity index is 1160. The van der Waals surface area contributed by atoms with Crippen LogP contribution in [-0.4, -0.2) is 19.9 Å². The molecule has 1 fully saturated rings. The van der Waals surface area contributed by atoms with Crippen LogP contribution in [-0.2, 0) is 13.6 Å². The Morgan fingerprint density at radius 3 is 2.69 bits per heavy atom. The number of ketones is 1. The molecular weight excluding hydrogens is 322 g/mol. The van der Waals surface area contributed by atoms with Gasteiger partial charge < -0.3 is 9.13 Å². The van der Waals surface area contributed by atoms with Gasteiger partial charge in [-0.3, -0.25) is 4.79 Å². The highest BCUT2D eigenvalue weighted by atomic mass is 16.1. The van der Waals surface area contributed by atoms with Gasteiger partial charge in [0.15, 0.2) is 11.6 Å². The van der Waals surface area contributed by atoms with E-state index in [0.717, 1.165) is 35.0 Å². The van der Waals surface area contributed by atoms with Gasteiger partial charge >= 0.3 is 0 Å². The molecule has 1 aliphatic rings. The van der Waals surface area contributed by atoms with Gasteiger partial charge in [-0.05, 0) is 56.0 Å². The van der Waals surface area contributed by atoms with E-state index in [4.69, 9.17) is 4.98 Å². The number of fused-ring (bicyclic) bond motifs is 2. The number of benzene rings is 2. The van der Waals surface area contributed by atoms with Gasteiger partial charge in [-0.25, -0.2) is 4.98 Å². The molecule has 1 aliphatic carbocycles. The second kappa shape index (κ2) is 5.56. The zero-order valence-electron chi connectivity index (χ0n) is 15.1. The number of carbonyl (C=O) groups is 1. The average Bonchev–Trinajstić information content (AvgIpc) is 3.31. The number of para-hydroxylation sites is 1. The zero-order chi connectivity index (χ0) is 17.8. The van der Waals surface area contributed by atoms with Crippen molar-refractivity contribution in [2.75, 3.05) is 0 Å². The highest BCUT2D eigenvalue weighted by Crippen LogP contribution is 2.36. The fourth-order valence-electron chi connectivity index (χ4n) is 3.80. The van der Waals surface area contributed by atoms with Crippen LogP contribution < -0.4 is 0 Å². The van der Waals surface area contributed by atoms with Gasteiger partial charge in [0.05, 0.1) is 16.7 Å². The maximum atomic E-state index is 11.7. The number of aryl methyl sites for hydroxylation is 1. The number of hydrogen-bond donors (Lipinski definition) is 0. The van der Waals surface area contributed by atoms with Gasteiger partial charge in [0.1, 0.15) is 0 Å². The molecule has 0 saturated heterocycles. The summed E-state index contributed by atoms with van der Waals surface area (Å²) in [5.74, 6) is 1.81. The molecule has 0 atom stereocenters. The number of aromatic nitrogens is 3. The smallest absolute Gasteiger partial charge is 0.159 e. The minimum atomic E-state index is 0.0713. The lowest BCUT2D eigenvalue weighted by atomic mass is 10.1. The minimum Gasteiger partial charge on any atom is -0.338 e. The van der Waals surface area contributed by atoms with E-state index in [-0.39, 0.29) is 5.78 Å². The molecule has 0 bridgehead atoms. The summed E-state index contributed by atoms with van der Waals surface area (Å²) in [6.45, 7) is 2.64. The Morgan fingerprint density at radius 1 is 1.12 bits per heavy atom. The van der Waals surface area contributed by atoms with Crippen LogP contribution in [0.3, 0.4) is 0 Å². The molecule has 0 N–H and O–H groups in total. The van der Waals surface area contributed by atoms with Gasteiger partial charge in [-0.15, -0.1) is 0 Å². The first-order chi connectivity index (χ1) is 12.6. The van der Waals surface area contributed by atoms with E-state index in [0.29, 0.717) is 5.56 Å². The molecule has 0 aliphatic heterocycles. The van der Waals surface area contributed by atoms with Crippen molar-refractivity contribution in [3.05, 3.63) is 54.1 Å². The van der Waals surface area contributed by atoms with Crippen LogP contribution in [0.1, 0.15) is 30.1 Å². The minimum absolute atomic E-state index is 0.0713. The molecule has 2 aromatic carbocycles. The molecule has 0 radical (unpaired) electrons. The highest BCUT2D eigenvalue weighted by molar-refractivity contribution is 5.98. The second-order valence-electron chi connectivity index (χ2n) is 7.40. The molecule has 26 heavy (non-hydrogen) atoms. The lowest BCUT2D eigenvalue weighted by Gasteiger charge is -2.10. The summed E-state index contributed by atoms with van der Waals surface area (Å²) < 4.78 is 4.55. The number of nitrogens with zero attached hydrogens (tertiary/aromatic N) is 3. The molecule has 2 aromatic heterocycles. The predicted octanol–water partition coefficient (Wildman–Crippen LogP) is 4.81. The summed E-state index contributed by atoms with van der Waals surface area (Å²) in [4.78, 5) is 16.6. The lowest BCUT2D eigenvalue weighted by molar-refractivity contribution is 0.101. The van der Waals surface area contributed by atoms with Gasteiger partial charge in [0.25, 0.3) is 0 Å². The topological polar surface area (TPSA) is 39.8 Å². The first-order valence-corrected chi connectivity index (χ1v) is 9.18. The maximum absolute atomic E-state index is 11.7. The van der Waals surface area contributed by atoms with Crippen LogP contribution >= 0.6 is 0 Å². The number of hydrogen-bond acceptors (Lipinski definition) is 2. The summed E-state index contributed by atoms with van der Waals surface area (Å²) in [6.07, 6.45) is 2.63. The van der Waals surface area contributed by atoms with Crippen LogP contribution in [0.4, 0.5) is 0 Å². The standard InChI is InChI=1S/C22H21N3O/c1-14(26)16-9-10-20-18(11-16)23-22(24(20)2)21-12-17-5-3-4-6-19(17)25(21)13-15-7-8-15/h3-6,9-12,15H,7-8,13H2,1-2H3. The van der Waals surface area contributed by atoms with Gasteiger partial charge in [-0.1, -0.05) is 18.2 Å². The Labute approximate surface area is 152 Å². The molecule has 2 heterocycles. The Kier molecular flexibility index (Phi) is 3.29. The first-order valence-electron chi connectivity index (χ1n) is 9.18. The van der Waals surface area contributed by atoms with Crippen LogP contribution in [0.5, 0.6) is 0 Å². The Hall–Kier alpha value is -2.88. The number of carbonyl (C=O) groups excluding carboxylic acids is 1. The molecule has 4 heteroatoms. The summed E-state index contributed by atoms with van der Waals surface area (Å²) in [5, 5.41) is 1.25. The van der Waals surface area contributed by atoms with Crippen molar-refractivity contribution >= 4 is 27.7 Å². The molecule has 5 rings (SSSR count). The third kappa shape index (κ3) is 2.37. The summed E-state index contributed by atoms with van der Waals surface area (Å²) in [6, 6.07) is 16.6. The van der Waals surface area contributed by atoms with Crippen molar-refractivity contribution in [2.24, 2.45) is 13.0 Å². The maximum Gasteiger partial charge on any atom is 0.159 e. The van der Waals surface area contributed by atoms with Gasteiger partial charge in [0, 0.05) is 30.1 Å². The molecule has 0 spiro atoms. The predicted molar refractivity (Wildman–Crippen MR) is 104 cm³/mol. The van der Waals surface area contributed by atoms with Gasteiger partial charge in [0.2, 0.25) is 0 Å². The quantitative estimate of drug-likeness (QED) is 0.499. The van der Waals surface area contributed by atoms with E-state index in [9.17, 15) is 4.79 Å². The van der Waals surface area contributed by atoms with Crippen LogP contribution in [0.25, 0.3) is 33.5 Å². The van der Waals surface area contributed by atoms with E-state index < -0.39 is 0 Å². The largest absolute Gasteiger partial charge is 0.338 e. The number of rotatable bonds is 4. The monoisotopic (exact) mass is 343 g/mol. The normalized spacial score (nSPS) is 14.4. The number of imidazole rings is 1. The van der Waals surface area contributed by atoms with E-state index >= 15 is 0 Å². The molecular formula is C22H21N3O. The fraction of sp³-hybridized carbons (Fsp3) is 0.273. The zero-order valence-corrected chi connectivity index (χ0v) is 15.1. The third-order valence-electron chi connectivity index (χ3n) is 5.46. The second-order valence-corrected chi connectivity index (χ2v) is 7.40. The average molecular weight is 343 g/mol. The van der Waals surface area contributed by atoms with Crippen LogP contribution in [0, 0.1) is 5.92 Å². The van der Waals surface area contributed by atoms with E-state index in [1.54, 1.807) is 6.92 Å². The van der Waals surface area contributed by atoms with E-state index in [1.807, 2.05) is 18.2 Å². The first kappa shape index (κ1) is 15.4. The molecule has 0 amide bonds. The molecule has 0 unspecified atom stereocenters. The SMILES string of the molecule is CC(=O)c1ccc2c(c1)nc(-c1cc3ccccc3n1CC1CC1)n2C. The number of Topliss-reactive ketones (excluding diaryl/α,β-unsaturated/α-hetero) is 1. The highest BCUT2D eigenvalue weighted by Gasteiger charge is 2.25. The molecule has 4 nitrogen and oxygen atoms in total. The summed E-state index contributed by atoms with van der Waals surface area (Å²) in [7, 11) is 2.05. The van der Waals surface area contributed by atoms with Crippen molar-refractivity contribution in [3.8, 4) is 11.5 Å². The third-order valence-corrected chi connectivity index (χ3v) is 5.46.